The number of aryl methyl sites for hydroxylation is 2. The van der Waals surface area contributed by atoms with Crippen LogP contribution in [0.3, 0.4) is 0 Å². The van der Waals surface area contributed by atoms with Crippen molar-refractivity contribution >= 4 is 15.9 Å². The SMILES string of the molecule is CCN(CC)S(=O)(=O)Nc1cc(C)c(O)cc1C. The van der Waals surface area contributed by atoms with Crippen molar-refractivity contribution in [2.75, 3.05) is 17.8 Å². The molecular weight excluding hydrogens is 252 g/mol. The number of nitrogens with zero attached hydrogens (tertiary/aromatic N) is 1. The van der Waals surface area contributed by atoms with Gasteiger partial charge in [-0.3, -0.25) is 4.72 Å². The van der Waals surface area contributed by atoms with Crippen LogP contribution >= 0.6 is 0 Å². The molecule has 0 amide bonds. The molecule has 0 fully saturated rings. The van der Waals surface area contributed by atoms with Crippen molar-refractivity contribution in [1.29, 1.82) is 0 Å². The van der Waals surface area contributed by atoms with Gasteiger partial charge in [0.25, 0.3) is 0 Å². The van der Waals surface area contributed by atoms with Crippen molar-refractivity contribution in [3.8, 4) is 5.75 Å². The van der Waals surface area contributed by atoms with E-state index in [0.29, 0.717) is 29.9 Å². The highest BCUT2D eigenvalue weighted by Crippen LogP contribution is 2.26. The molecule has 2 N–H and O–H groups in total. The topological polar surface area (TPSA) is 69.6 Å². The molecule has 0 aromatic heterocycles. The molecule has 0 aliphatic carbocycles. The first-order chi connectivity index (χ1) is 8.31. The summed E-state index contributed by atoms with van der Waals surface area (Å²) in [7, 11) is -3.53. The van der Waals surface area contributed by atoms with Crippen LogP contribution in [0.1, 0.15) is 25.0 Å². The summed E-state index contributed by atoms with van der Waals surface area (Å²) in [5.41, 5.74) is 1.82. The summed E-state index contributed by atoms with van der Waals surface area (Å²) >= 11 is 0. The third-order valence-corrected chi connectivity index (χ3v) is 4.50. The Morgan fingerprint density at radius 1 is 1.17 bits per heavy atom. The largest absolute Gasteiger partial charge is 0.508 e. The van der Waals surface area contributed by atoms with Crippen LogP contribution in [0.4, 0.5) is 5.69 Å². The van der Waals surface area contributed by atoms with Gasteiger partial charge in [-0.05, 0) is 37.1 Å². The van der Waals surface area contributed by atoms with Gasteiger partial charge in [-0.25, -0.2) is 0 Å². The Morgan fingerprint density at radius 2 is 1.72 bits per heavy atom. The fourth-order valence-electron chi connectivity index (χ4n) is 1.68. The first kappa shape index (κ1) is 14.8. The van der Waals surface area contributed by atoms with Crippen LogP contribution in [0.25, 0.3) is 0 Å². The Kier molecular flexibility index (Phi) is 4.59. The molecule has 0 bridgehead atoms. The van der Waals surface area contributed by atoms with Crippen molar-refractivity contribution in [3.05, 3.63) is 23.3 Å². The standard InChI is InChI=1S/C12H20N2O3S/c1-5-14(6-2)18(16,17)13-11-7-10(4)12(15)8-9(11)3/h7-8,13,15H,5-6H2,1-4H3. The molecule has 0 atom stereocenters. The second-order valence-corrected chi connectivity index (χ2v) is 5.82. The predicted octanol–water partition coefficient (Wildman–Crippen LogP) is 2.01. The number of benzene rings is 1. The van der Waals surface area contributed by atoms with Gasteiger partial charge in [-0.2, -0.15) is 12.7 Å². The molecule has 0 unspecified atom stereocenters. The second kappa shape index (κ2) is 5.58. The molecule has 0 aliphatic rings. The fourth-order valence-corrected chi connectivity index (χ4v) is 2.98. The zero-order chi connectivity index (χ0) is 13.9. The Hall–Kier alpha value is -1.27. The summed E-state index contributed by atoms with van der Waals surface area (Å²) in [6, 6.07) is 3.18. The minimum Gasteiger partial charge on any atom is -0.508 e. The van der Waals surface area contributed by atoms with E-state index >= 15 is 0 Å². The lowest BCUT2D eigenvalue weighted by molar-refractivity contribution is 0.449. The number of hydrogen-bond acceptors (Lipinski definition) is 3. The summed E-state index contributed by atoms with van der Waals surface area (Å²) in [6.45, 7) is 7.89. The summed E-state index contributed by atoms with van der Waals surface area (Å²) in [5.74, 6) is 0.165. The van der Waals surface area contributed by atoms with Crippen LogP contribution < -0.4 is 4.72 Å². The minimum atomic E-state index is -3.53. The summed E-state index contributed by atoms with van der Waals surface area (Å²) < 4.78 is 28.0. The summed E-state index contributed by atoms with van der Waals surface area (Å²) in [4.78, 5) is 0. The molecular formula is C12H20N2O3S. The van der Waals surface area contributed by atoms with Crippen molar-refractivity contribution in [2.45, 2.75) is 27.7 Å². The maximum Gasteiger partial charge on any atom is 0.301 e. The summed E-state index contributed by atoms with van der Waals surface area (Å²) in [6.07, 6.45) is 0. The molecule has 18 heavy (non-hydrogen) atoms. The van der Waals surface area contributed by atoms with E-state index in [1.807, 2.05) is 0 Å². The van der Waals surface area contributed by atoms with Crippen LogP contribution in [-0.4, -0.2) is 30.9 Å². The Labute approximate surface area is 109 Å². The smallest absolute Gasteiger partial charge is 0.301 e. The van der Waals surface area contributed by atoms with Crippen LogP contribution in [0.5, 0.6) is 5.75 Å². The highest BCUT2D eigenvalue weighted by Gasteiger charge is 2.19. The molecule has 0 radical (unpaired) electrons. The molecule has 6 heteroatoms. The molecule has 0 saturated heterocycles. The molecule has 1 aromatic rings. The van der Waals surface area contributed by atoms with Gasteiger partial charge < -0.3 is 5.11 Å². The van der Waals surface area contributed by atoms with E-state index in [1.54, 1.807) is 39.8 Å². The van der Waals surface area contributed by atoms with Crippen LogP contribution in [0, 0.1) is 13.8 Å². The van der Waals surface area contributed by atoms with Crippen molar-refractivity contribution in [1.82, 2.24) is 4.31 Å². The van der Waals surface area contributed by atoms with E-state index in [4.69, 9.17) is 0 Å². The number of nitrogens with one attached hydrogen (secondary N) is 1. The van der Waals surface area contributed by atoms with E-state index in [1.165, 1.54) is 4.31 Å². The lowest BCUT2D eigenvalue weighted by Crippen LogP contribution is -2.35. The minimum absolute atomic E-state index is 0.165. The highest BCUT2D eigenvalue weighted by molar-refractivity contribution is 7.90. The zero-order valence-corrected chi connectivity index (χ0v) is 12.0. The monoisotopic (exact) mass is 272 g/mol. The second-order valence-electron chi connectivity index (χ2n) is 4.15. The first-order valence-corrected chi connectivity index (χ1v) is 7.34. The summed E-state index contributed by atoms with van der Waals surface area (Å²) in [5, 5.41) is 9.54. The third kappa shape index (κ3) is 3.14. The number of phenolic OH excluding ortho intramolecular Hbond substituents is 1. The fraction of sp³-hybridized carbons (Fsp3) is 0.500. The van der Waals surface area contributed by atoms with Crippen LogP contribution in [0.2, 0.25) is 0 Å². The highest BCUT2D eigenvalue weighted by atomic mass is 32.2. The van der Waals surface area contributed by atoms with Gasteiger partial charge in [-0.1, -0.05) is 13.8 Å². The van der Waals surface area contributed by atoms with Crippen molar-refractivity contribution in [2.24, 2.45) is 0 Å². The van der Waals surface area contributed by atoms with E-state index in [9.17, 15) is 13.5 Å². The normalized spacial score (nSPS) is 11.8. The van der Waals surface area contributed by atoms with E-state index in [0.717, 1.165) is 0 Å². The van der Waals surface area contributed by atoms with Gasteiger partial charge >= 0.3 is 10.2 Å². The molecule has 5 nitrogen and oxygen atoms in total. The molecule has 1 rings (SSSR count). The van der Waals surface area contributed by atoms with Crippen molar-refractivity contribution in [3.63, 3.8) is 0 Å². The molecule has 102 valence electrons. The van der Waals surface area contributed by atoms with Crippen LogP contribution in [-0.2, 0) is 10.2 Å². The van der Waals surface area contributed by atoms with Gasteiger partial charge in [0.15, 0.2) is 0 Å². The van der Waals surface area contributed by atoms with E-state index in [-0.39, 0.29) is 5.75 Å². The Balaban J connectivity index is 3.08. The average Bonchev–Trinajstić information content (AvgIpc) is 2.26. The lowest BCUT2D eigenvalue weighted by atomic mass is 10.1. The zero-order valence-electron chi connectivity index (χ0n) is 11.2. The molecule has 0 spiro atoms. The third-order valence-electron chi connectivity index (χ3n) is 2.83. The quantitative estimate of drug-likeness (QED) is 0.806. The number of rotatable bonds is 5. The van der Waals surface area contributed by atoms with E-state index in [2.05, 4.69) is 4.72 Å². The average molecular weight is 272 g/mol. The Bertz CT molecular complexity index is 522. The molecule has 0 saturated carbocycles. The van der Waals surface area contributed by atoms with Gasteiger partial charge in [0, 0.05) is 13.1 Å². The van der Waals surface area contributed by atoms with Crippen molar-refractivity contribution < 1.29 is 13.5 Å². The van der Waals surface area contributed by atoms with Gasteiger partial charge in [-0.15, -0.1) is 0 Å². The van der Waals surface area contributed by atoms with Crippen LogP contribution in [0.15, 0.2) is 12.1 Å². The van der Waals surface area contributed by atoms with Gasteiger partial charge in [0.2, 0.25) is 0 Å². The lowest BCUT2D eigenvalue weighted by Gasteiger charge is -2.20. The predicted molar refractivity (Wildman–Crippen MR) is 73.0 cm³/mol. The molecule has 0 heterocycles. The number of anilines is 1. The first-order valence-electron chi connectivity index (χ1n) is 5.90. The number of phenols is 1. The van der Waals surface area contributed by atoms with Gasteiger partial charge in [0.1, 0.15) is 5.75 Å². The van der Waals surface area contributed by atoms with Gasteiger partial charge in [0.05, 0.1) is 5.69 Å². The molecule has 0 aliphatic heterocycles. The van der Waals surface area contributed by atoms with E-state index < -0.39 is 10.2 Å². The maximum absolute atomic E-state index is 12.1. The molecule has 1 aromatic carbocycles. The number of hydrogen-bond donors (Lipinski definition) is 2. The Morgan fingerprint density at radius 3 is 2.22 bits per heavy atom. The maximum atomic E-state index is 12.1. The number of aromatic hydroxyl groups is 1.